The fourth-order valence-corrected chi connectivity index (χ4v) is 3.76. The minimum Gasteiger partial charge on any atom is -0.469 e. The first-order chi connectivity index (χ1) is 11.7. The first kappa shape index (κ1) is 16.8. The normalized spacial score (nSPS) is 17.7. The van der Waals surface area contributed by atoms with Gasteiger partial charge in [0, 0.05) is 32.0 Å². The Balaban J connectivity index is 1.43. The van der Waals surface area contributed by atoms with Gasteiger partial charge >= 0.3 is 6.03 Å². The number of ketones is 1. The van der Waals surface area contributed by atoms with Crippen molar-refractivity contribution in [2.45, 2.75) is 25.7 Å². The molecular weight excluding hydrogens is 324 g/mol. The third kappa shape index (κ3) is 4.26. The first-order valence-electron chi connectivity index (χ1n) is 8.37. The average Bonchev–Trinajstić information content (AvgIpc) is 3.31. The molecule has 1 saturated heterocycles. The largest absolute Gasteiger partial charge is 0.469 e. The van der Waals surface area contributed by atoms with Gasteiger partial charge in [0.2, 0.25) is 0 Å². The number of thiophene rings is 1. The fraction of sp³-hybridized carbons (Fsp3) is 0.444. The Kier molecular flexibility index (Phi) is 5.69. The monoisotopic (exact) mass is 346 g/mol. The van der Waals surface area contributed by atoms with Crippen LogP contribution in [0, 0.1) is 5.92 Å². The predicted molar refractivity (Wildman–Crippen MR) is 93.4 cm³/mol. The summed E-state index contributed by atoms with van der Waals surface area (Å²) in [5, 5.41) is 4.86. The number of amides is 2. The van der Waals surface area contributed by atoms with E-state index in [1.165, 1.54) is 11.3 Å². The van der Waals surface area contributed by atoms with Crippen LogP contribution in [0.25, 0.3) is 0 Å². The van der Waals surface area contributed by atoms with Crippen LogP contribution < -0.4 is 5.32 Å². The van der Waals surface area contributed by atoms with Crippen molar-refractivity contribution in [3.05, 3.63) is 46.5 Å². The second-order valence-electron chi connectivity index (χ2n) is 6.04. The number of hydrogen-bond donors (Lipinski definition) is 1. The summed E-state index contributed by atoms with van der Waals surface area (Å²) in [4.78, 5) is 27.3. The lowest BCUT2D eigenvalue weighted by Gasteiger charge is -2.31. The van der Waals surface area contributed by atoms with E-state index in [1.807, 2.05) is 29.6 Å². The number of urea groups is 1. The van der Waals surface area contributed by atoms with Gasteiger partial charge in [-0.05, 0) is 42.8 Å². The molecule has 0 saturated carbocycles. The number of nitrogens with zero attached hydrogens (tertiary/aromatic N) is 1. The number of hydrogen-bond acceptors (Lipinski definition) is 4. The van der Waals surface area contributed by atoms with E-state index in [9.17, 15) is 9.59 Å². The molecule has 1 N–H and O–H groups in total. The van der Waals surface area contributed by atoms with E-state index in [4.69, 9.17) is 4.42 Å². The topological polar surface area (TPSA) is 62.6 Å². The molecule has 0 aromatic carbocycles. The average molecular weight is 346 g/mol. The Morgan fingerprint density at radius 1 is 1.33 bits per heavy atom. The molecule has 0 radical (unpaired) electrons. The summed E-state index contributed by atoms with van der Waals surface area (Å²) < 4.78 is 5.27. The van der Waals surface area contributed by atoms with Crippen LogP contribution >= 0.6 is 11.3 Å². The van der Waals surface area contributed by atoms with Gasteiger partial charge in [-0.25, -0.2) is 4.79 Å². The van der Waals surface area contributed by atoms with Gasteiger partial charge in [-0.2, -0.15) is 0 Å². The minimum absolute atomic E-state index is 0.0712. The molecule has 3 rings (SSSR count). The molecule has 128 valence electrons. The van der Waals surface area contributed by atoms with Gasteiger partial charge in [0.15, 0.2) is 5.78 Å². The van der Waals surface area contributed by atoms with Crippen molar-refractivity contribution in [3.63, 3.8) is 0 Å². The molecule has 0 aliphatic carbocycles. The zero-order chi connectivity index (χ0) is 16.8. The molecule has 24 heavy (non-hydrogen) atoms. The van der Waals surface area contributed by atoms with Crippen molar-refractivity contribution in [2.75, 3.05) is 19.6 Å². The van der Waals surface area contributed by atoms with Crippen molar-refractivity contribution in [2.24, 2.45) is 5.92 Å². The van der Waals surface area contributed by atoms with Gasteiger partial charge < -0.3 is 14.6 Å². The van der Waals surface area contributed by atoms with Crippen LogP contribution in [0.4, 0.5) is 4.79 Å². The Morgan fingerprint density at radius 2 is 2.25 bits per heavy atom. The molecule has 0 unspecified atom stereocenters. The third-order valence-corrected chi connectivity index (χ3v) is 5.18. The molecule has 1 aliphatic rings. The molecule has 2 aromatic rings. The molecule has 5 nitrogen and oxygen atoms in total. The summed E-state index contributed by atoms with van der Waals surface area (Å²) in [5.41, 5.74) is 0. The molecule has 1 atom stereocenters. The molecular formula is C18H22N2O3S. The van der Waals surface area contributed by atoms with Crippen molar-refractivity contribution in [1.82, 2.24) is 10.2 Å². The van der Waals surface area contributed by atoms with Gasteiger partial charge in [-0.1, -0.05) is 6.07 Å². The number of furan rings is 1. The summed E-state index contributed by atoms with van der Waals surface area (Å²) in [6.45, 7) is 1.85. The lowest BCUT2D eigenvalue weighted by molar-refractivity contribution is 0.0850. The van der Waals surface area contributed by atoms with E-state index in [1.54, 1.807) is 11.2 Å². The van der Waals surface area contributed by atoms with Gasteiger partial charge in [0.05, 0.1) is 11.1 Å². The number of likely N-dealkylation sites (tertiary alicyclic amines) is 1. The smallest absolute Gasteiger partial charge is 0.317 e. The highest BCUT2D eigenvalue weighted by Gasteiger charge is 2.29. The second-order valence-corrected chi connectivity index (χ2v) is 6.99. The highest BCUT2D eigenvalue weighted by molar-refractivity contribution is 7.12. The van der Waals surface area contributed by atoms with Crippen LogP contribution in [0.2, 0.25) is 0 Å². The second kappa shape index (κ2) is 8.15. The molecule has 2 amide bonds. The maximum absolute atomic E-state index is 12.5. The molecule has 3 heterocycles. The zero-order valence-corrected chi connectivity index (χ0v) is 14.4. The number of Topliss-reactive ketones (excluding diaryl/α,β-unsaturated/α-hetero) is 1. The number of carbonyl (C=O) groups is 2. The van der Waals surface area contributed by atoms with Gasteiger partial charge in [0.1, 0.15) is 5.76 Å². The Bertz CT molecular complexity index is 652. The van der Waals surface area contributed by atoms with Gasteiger partial charge in [-0.15, -0.1) is 11.3 Å². The van der Waals surface area contributed by atoms with Crippen LogP contribution in [0.15, 0.2) is 40.3 Å². The Morgan fingerprint density at radius 3 is 3.00 bits per heavy atom. The number of nitrogens with one attached hydrogen (secondary N) is 1. The summed E-state index contributed by atoms with van der Waals surface area (Å²) >= 11 is 1.47. The lowest BCUT2D eigenvalue weighted by Crippen LogP contribution is -2.47. The Labute approximate surface area is 145 Å². The number of rotatable bonds is 6. The molecule has 6 heteroatoms. The molecule has 1 aliphatic heterocycles. The molecule has 2 aromatic heterocycles. The van der Waals surface area contributed by atoms with Crippen molar-refractivity contribution >= 4 is 23.2 Å². The minimum atomic E-state index is -0.0775. The molecule has 0 spiro atoms. The van der Waals surface area contributed by atoms with E-state index < -0.39 is 0 Å². The molecule has 1 fully saturated rings. The SMILES string of the molecule is O=C(c1cccs1)[C@H]1CCCN(C(=O)NCCCc2ccco2)C1. The summed E-state index contributed by atoms with van der Waals surface area (Å²) in [5.74, 6) is 1.02. The van der Waals surface area contributed by atoms with E-state index in [0.29, 0.717) is 13.1 Å². The standard InChI is InChI=1S/C18H22N2O3S/c21-17(16-8-4-12-24-16)14-5-2-10-20(13-14)18(22)19-9-1-6-15-7-3-11-23-15/h3-4,7-8,11-12,14H,1-2,5-6,9-10,13H2,(H,19,22)/t14-/m0/s1. The van der Waals surface area contributed by atoms with Crippen molar-refractivity contribution in [1.29, 1.82) is 0 Å². The van der Waals surface area contributed by atoms with Crippen LogP contribution in [-0.4, -0.2) is 36.3 Å². The van der Waals surface area contributed by atoms with E-state index in [0.717, 1.165) is 42.9 Å². The Hall–Kier alpha value is -2.08. The van der Waals surface area contributed by atoms with Gasteiger partial charge in [-0.3, -0.25) is 4.79 Å². The maximum atomic E-state index is 12.5. The third-order valence-electron chi connectivity index (χ3n) is 4.30. The predicted octanol–water partition coefficient (Wildman–Crippen LogP) is 3.58. The number of piperidine rings is 1. The first-order valence-corrected chi connectivity index (χ1v) is 9.25. The highest BCUT2D eigenvalue weighted by Crippen LogP contribution is 2.23. The quantitative estimate of drug-likeness (QED) is 0.642. The van der Waals surface area contributed by atoms with E-state index >= 15 is 0 Å². The van der Waals surface area contributed by atoms with Crippen molar-refractivity contribution < 1.29 is 14.0 Å². The van der Waals surface area contributed by atoms with Gasteiger partial charge in [0.25, 0.3) is 0 Å². The van der Waals surface area contributed by atoms with E-state index in [-0.39, 0.29) is 17.7 Å². The van der Waals surface area contributed by atoms with Crippen LogP contribution in [0.1, 0.15) is 34.7 Å². The zero-order valence-electron chi connectivity index (χ0n) is 13.6. The highest BCUT2D eigenvalue weighted by atomic mass is 32.1. The summed E-state index contributed by atoms with van der Waals surface area (Å²) in [6.07, 6.45) is 5.05. The van der Waals surface area contributed by atoms with Crippen LogP contribution in [-0.2, 0) is 6.42 Å². The fourth-order valence-electron chi connectivity index (χ4n) is 3.02. The van der Waals surface area contributed by atoms with Crippen LogP contribution in [0.5, 0.6) is 0 Å². The lowest BCUT2D eigenvalue weighted by atomic mass is 9.93. The van der Waals surface area contributed by atoms with E-state index in [2.05, 4.69) is 5.32 Å². The number of aryl methyl sites for hydroxylation is 1. The van der Waals surface area contributed by atoms with Crippen LogP contribution in [0.3, 0.4) is 0 Å². The summed E-state index contributed by atoms with van der Waals surface area (Å²) in [7, 11) is 0. The maximum Gasteiger partial charge on any atom is 0.317 e. The molecule has 0 bridgehead atoms. The van der Waals surface area contributed by atoms with Crippen molar-refractivity contribution in [3.8, 4) is 0 Å². The summed E-state index contributed by atoms with van der Waals surface area (Å²) in [6, 6.07) is 7.49. The number of carbonyl (C=O) groups excluding carboxylic acids is 2.